The van der Waals surface area contributed by atoms with Crippen molar-refractivity contribution in [2.75, 3.05) is 6.61 Å². The van der Waals surface area contributed by atoms with Crippen molar-refractivity contribution in [2.45, 2.75) is 30.8 Å². The smallest absolute Gasteiger partial charge is 0.317 e. The molecule has 0 saturated carbocycles. The van der Waals surface area contributed by atoms with E-state index in [1.807, 2.05) is 0 Å². The van der Waals surface area contributed by atoms with Crippen LogP contribution in [0.3, 0.4) is 0 Å². The van der Waals surface area contributed by atoms with Gasteiger partial charge >= 0.3 is 5.69 Å². The molecule has 2 rings (SSSR count). The molecule has 1 aromatic carbocycles. The van der Waals surface area contributed by atoms with Gasteiger partial charge in [-0.2, -0.15) is 0 Å². The van der Waals surface area contributed by atoms with Gasteiger partial charge in [-0.1, -0.05) is 0 Å². The van der Waals surface area contributed by atoms with Crippen LogP contribution in [-0.4, -0.2) is 62.5 Å². The van der Waals surface area contributed by atoms with E-state index in [0.717, 1.165) is 12.1 Å². The van der Waals surface area contributed by atoms with E-state index < -0.39 is 64.4 Å². The average Bonchev–Trinajstić information content (AvgIpc) is 2.55. The molecule has 3 N–H and O–H groups in total. The molecule has 0 amide bonds. The Hall–Kier alpha value is -2.41. The molecule has 0 radical (unpaired) electrons. The first-order valence-corrected chi connectivity index (χ1v) is 6.62. The molecule has 132 valence electrons. The highest BCUT2D eigenvalue weighted by Gasteiger charge is 2.46. The van der Waals surface area contributed by atoms with E-state index in [4.69, 9.17) is 14.6 Å². The predicted octanol–water partition coefficient (Wildman–Crippen LogP) is -0.341. The second-order valence-electron chi connectivity index (χ2n) is 4.94. The Morgan fingerprint density at radius 1 is 1.21 bits per heavy atom. The average molecular weight is 348 g/mol. The number of benzene rings is 1. The summed E-state index contributed by atoms with van der Waals surface area (Å²) in [6, 6.07) is 2.42. The van der Waals surface area contributed by atoms with E-state index in [0.29, 0.717) is 6.07 Å². The van der Waals surface area contributed by atoms with E-state index in [1.165, 1.54) is 0 Å². The first-order valence-electron chi connectivity index (χ1n) is 6.62. The van der Waals surface area contributed by atoms with E-state index in [-0.39, 0.29) is 0 Å². The maximum absolute atomic E-state index is 14.0. The maximum atomic E-state index is 14.0. The fourth-order valence-electron chi connectivity index (χ4n) is 2.13. The van der Waals surface area contributed by atoms with Crippen molar-refractivity contribution >= 4 is 11.4 Å². The molecule has 1 heterocycles. The van der Waals surface area contributed by atoms with Crippen LogP contribution in [-0.2, 0) is 4.74 Å². The Labute approximate surface area is 133 Å². The number of non-ortho nitro benzene ring substituents is 1. The third-order valence-electron chi connectivity index (χ3n) is 3.40. The zero-order chi connectivity index (χ0) is 18.0. The first-order chi connectivity index (χ1) is 11.3. The topological polar surface area (TPSA) is 165 Å². The van der Waals surface area contributed by atoms with Crippen molar-refractivity contribution < 1.29 is 39.0 Å². The Kier molecular flexibility index (Phi) is 5.23. The molecular formula is C12H13FN2O9. The number of halogens is 1. The van der Waals surface area contributed by atoms with Gasteiger partial charge in [0, 0.05) is 6.07 Å². The van der Waals surface area contributed by atoms with Crippen LogP contribution in [0.15, 0.2) is 18.2 Å². The van der Waals surface area contributed by atoms with Crippen molar-refractivity contribution in [1.29, 1.82) is 0 Å². The Morgan fingerprint density at radius 3 is 2.42 bits per heavy atom. The molecule has 0 bridgehead atoms. The van der Waals surface area contributed by atoms with Crippen LogP contribution >= 0.6 is 0 Å². The number of nitro groups is 2. The van der Waals surface area contributed by atoms with E-state index in [9.17, 15) is 34.8 Å². The molecular weight excluding hydrogens is 335 g/mol. The van der Waals surface area contributed by atoms with Crippen LogP contribution in [0.2, 0.25) is 0 Å². The number of alkyl halides is 1. The molecule has 1 aliphatic heterocycles. The largest absolute Gasteiger partial charge is 0.454 e. The highest BCUT2D eigenvalue weighted by atomic mass is 19.1. The molecule has 24 heavy (non-hydrogen) atoms. The fourth-order valence-corrected chi connectivity index (χ4v) is 2.13. The Morgan fingerprint density at radius 2 is 1.88 bits per heavy atom. The molecule has 1 saturated heterocycles. The van der Waals surface area contributed by atoms with Crippen LogP contribution in [0, 0.1) is 20.2 Å². The second-order valence-corrected chi connectivity index (χ2v) is 4.94. The van der Waals surface area contributed by atoms with Crippen LogP contribution in [0.25, 0.3) is 0 Å². The molecule has 0 unspecified atom stereocenters. The van der Waals surface area contributed by atoms with Crippen molar-refractivity contribution in [3.05, 3.63) is 38.4 Å². The Balaban J connectivity index is 2.29. The highest BCUT2D eigenvalue weighted by Crippen LogP contribution is 2.34. The molecule has 12 heteroatoms. The van der Waals surface area contributed by atoms with Gasteiger partial charge in [0.25, 0.3) is 5.69 Å². The lowest BCUT2D eigenvalue weighted by molar-refractivity contribution is -0.395. The number of ether oxygens (including phenoxy) is 2. The molecule has 1 fully saturated rings. The number of aliphatic hydroxyl groups excluding tert-OH is 3. The minimum atomic E-state index is -2.27. The van der Waals surface area contributed by atoms with Crippen molar-refractivity contribution in [2.24, 2.45) is 0 Å². The lowest BCUT2D eigenvalue weighted by Gasteiger charge is -2.38. The summed E-state index contributed by atoms with van der Waals surface area (Å²) >= 11 is 0. The van der Waals surface area contributed by atoms with E-state index >= 15 is 0 Å². The first kappa shape index (κ1) is 17.9. The highest BCUT2D eigenvalue weighted by molar-refractivity contribution is 5.53. The lowest BCUT2D eigenvalue weighted by Crippen LogP contribution is -2.58. The van der Waals surface area contributed by atoms with Gasteiger partial charge in [0.2, 0.25) is 12.0 Å². The monoisotopic (exact) mass is 348 g/mol. The maximum Gasteiger partial charge on any atom is 0.317 e. The molecule has 0 spiro atoms. The number of nitrogens with zero attached hydrogens (tertiary/aromatic N) is 2. The normalized spacial score (nSPS) is 29.9. The van der Waals surface area contributed by atoms with Gasteiger partial charge in [-0.3, -0.25) is 20.2 Å². The number of nitro benzene ring substituents is 2. The quantitative estimate of drug-likeness (QED) is 0.476. The number of hydrogen-bond acceptors (Lipinski definition) is 9. The molecule has 0 aliphatic carbocycles. The lowest BCUT2D eigenvalue weighted by atomic mass is 10.0. The SMILES string of the molecule is O=[N+]([O-])c1ccc(O[C@@H]2O[C@H](CO)[C@@H](O)[C@@H](O)[C@H]2F)c([N+](=O)[O-])c1. The molecule has 0 aromatic heterocycles. The predicted molar refractivity (Wildman–Crippen MR) is 73.0 cm³/mol. The second kappa shape index (κ2) is 7.00. The van der Waals surface area contributed by atoms with Gasteiger partial charge in [-0.15, -0.1) is 0 Å². The van der Waals surface area contributed by atoms with Crippen molar-refractivity contribution in [3.63, 3.8) is 0 Å². The van der Waals surface area contributed by atoms with Gasteiger partial charge in [-0.25, -0.2) is 4.39 Å². The minimum absolute atomic E-state index is 0.529. The summed E-state index contributed by atoms with van der Waals surface area (Å²) in [5.74, 6) is -0.529. The summed E-state index contributed by atoms with van der Waals surface area (Å²) < 4.78 is 23.9. The van der Waals surface area contributed by atoms with Gasteiger partial charge in [-0.05, 0) is 6.07 Å². The van der Waals surface area contributed by atoms with E-state index in [1.54, 1.807) is 0 Å². The van der Waals surface area contributed by atoms with Gasteiger partial charge in [0.1, 0.15) is 18.3 Å². The zero-order valence-electron chi connectivity index (χ0n) is 11.9. The number of hydrogen-bond donors (Lipinski definition) is 3. The van der Waals surface area contributed by atoms with E-state index in [2.05, 4.69) is 0 Å². The minimum Gasteiger partial charge on any atom is -0.454 e. The summed E-state index contributed by atoms with van der Waals surface area (Å²) in [7, 11) is 0. The van der Waals surface area contributed by atoms with Crippen LogP contribution < -0.4 is 4.74 Å². The summed E-state index contributed by atoms with van der Waals surface area (Å²) in [5, 5.41) is 49.8. The molecule has 1 aromatic rings. The fraction of sp³-hybridized carbons (Fsp3) is 0.500. The van der Waals surface area contributed by atoms with Crippen molar-refractivity contribution in [1.82, 2.24) is 0 Å². The molecule has 11 nitrogen and oxygen atoms in total. The third kappa shape index (κ3) is 3.41. The standard InChI is InChI=1S/C12H13FN2O9/c13-9-11(18)10(17)8(4-16)24-12(9)23-7-2-1-5(14(19)20)3-6(7)15(21)22/h1-3,8-12,16-18H,4H2/t8-,9-,10-,11+,12-/m1/s1. The zero-order valence-corrected chi connectivity index (χ0v) is 11.9. The van der Waals surface area contributed by atoms with Crippen LogP contribution in [0.4, 0.5) is 15.8 Å². The number of rotatable bonds is 5. The number of aliphatic hydroxyl groups is 3. The summed E-state index contributed by atoms with van der Waals surface area (Å²) in [5.41, 5.74) is -1.37. The Bertz CT molecular complexity index is 641. The third-order valence-corrected chi connectivity index (χ3v) is 3.40. The van der Waals surface area contributed by atoms with Crippen molar-refractivity contribution in [3.8, 4) is 5.75 Å². The van der Waals surface area contributed by atoms with Crippen LogP contribution in [0.5, 0.6) is 5.75 Å². The summed E-state index contributed by atoms with van der Waals surface area (Å²) in [4.78, 5) is 19.8. The summed E-state index contributed by atoms with van der Waals surface area (Å²) in [6.45, 7) is -0.757. The molecule has 1 aliphatic rings. The van der Waals surface area contributed by atoms with Gasteiger partial charge in [0.05, 0.1) is 22.5 Å². The molecule has 5 atom stereocenters. The summed E-state index contributed by atoms with van der Waals surface area (Å²) in [6.07, 6.45) is -9.15. The van der Waals surface area contributed by atoms with Gasteiger partial charge < -0.3 is 24.8 Å². The van der Waals surface area contributed by atoms with Gasteiger partial charge in [0.15, 0.2) is 6.17 Å². The van der Waals surface area contributed by atoms with Crippen LogP contribution in [0.1, 0.15) is 0 Å².